The zero-order valence-corrected chi connectivity index (χ0v) is 20.6. The lowest BCUT2D eigenvalue weighted by molar-refractivity contribution is -0.113. The van der Waals surface area contributed by atoms with Crippen LogP contribution < -0.4 is 10.6 Å². The topological polar surface area (TPSA) is 104 Å². The number of pyridine rings is 1. The molecule has 1 aliphatic rings. The summed E-state index contributed by atoms with van der Waals surface area (Å²) in [5.74, 6) is -0.779. The first-order chi connectivity index (χ1) is 17.5. The Kier molecular flexibility index (Phi) is 7.83. The lowest BCUT2D eigenvalue weighted by atomic mass is 9.82. The molecule has 0 saturated heterocycles. The maximum atomic E-state index is 13.5. The van der Waals surface area contributed by atoms with Crippen molar-refractivity contribution in [1.82, 2.24) is 10.3 Å². The summed E-state index contributed by atoms with van der Waals surface area (Å²) in [6.45, 7) is 1.83. The van der Waals surface area contributed by atoms with Gasteiger partial charge < -0.3 is 15.4 Å². The summed E-state index contributed by atoms with van der Waals surface area (Å²) in [4.78, 5) is 29.6. The van der Waals surface area contributed by atoms with Gasteiger partial charge in [-0.1, -0.05) is 36.4 Å². The van der Waals surface area contributed by atoms with E-state index in [1.807, 2.05) is 37.3 Å². The van der Waals surface area contributed by atoms with Crippen molar-refractivity contribution >= 4 is 29.3 Å². The SMILES string of the molecule is COC(=O)c1ccc(C2C(C#N)=C(SCc3cccnc3)NC(C)=C2C(=O)Nc2ccccc2)cc1. The number of thioether (sulfide) groups is 1. The molecule has 7 nitrogen and oxygen atoms in total. The van der Waals surface area contributed by atoms with Gasteiger partial charge in [0.05, 0.1) is 35.3 Å². The molecule has 0 fully saturated rings. The van der Waals surface area contributed by atoms with E-state index >= 15 is 0 Å². The number of ether oxygens (including phenoxy) is 1. The van der Waals surface area contributed by atoms with E-state index in [9.17, 15) is 14.9 Å². The molecule has 2 N–H and O–H groups in total. The Morgan fingerprint density at radius 2 is 1.86 bits per heavy atom. The van der Waals surface area contributed by atoms with Crippen LogP contribution in [0.25, 0.3) is 0 Å². The van der Waals surface area contributed by atoms with E-state index in [2.05, 4.69) is 21.7 Å². The van der Waals surface area contributed by atoms with Crippen molar-refractivity contribution in [3.63, 3.8) is 0 Å². The van der Waals surface area contributed by atoms with Crippen LogP contribution in [0.5, 0.6) is 0 Å². The number of nitrogens with zero attached hydrogens (tertiary/aromatic N) is 2. The number of rotatable bonds is 7. The van der Waals surface area contributed by atoms with Gasteiger partial charge in [-0.15, -0.1) is 11.8 Å². The predicted molar refractivity (Wildman–Crippen MR) is 140 cm³/mol. The molecule has 1 unspecified atom stereocenters. The highest BCUT2D eigenvalue weighted by Crippen LogP contribution is 2.41. The van der Waals surface area contributed by atoms with Crippen molar-refractivity contribution in [1.29, 1.82) is 5.26 Å². The molecule has 1 aromatic heterocycles. The van der Waals surface area contributed by atoms with Crippen LogP contribution in [0.1, 0.15) is 34.3 Å². The van der Waals surface area contributed by atoms with Crippen molar-refractivity contribution < 1.29 is 14.3 Å². The summed E-state index contributed by atoms with van der Waals surface area (Å²) < 4.78 is 4.81. The summed E-state index contributed by atoms with van der Waals surface area (Å²) in [6.07, 6.45) is 3.50. The maximum Gasteiger partial charge on any atom is 0.337 e. The van der Waals surface area contributed by atoms with E-state index in [-0.39, 0.29) is 5.91 Å². The summed E-state index contributed by atoms with van der Waals surface area (Å²) in [7, 11) is 1.32. The minimum Gasteiger partial charge on any atom is -0.465 e. The second-order valence-corrected chi connectivity index (χ2v) is 9.02. The summed E-state index contributed by atoms with van der Waals surface area (Å²) in [5.41, 5.74) is 4.30. The summed E-state index contributed by atoms with van der Waals surface area (Å²) >= 11 is 1.48. The molecule has 0 radical (unpaired) electrons. The molecule has 0 aliphatic carbocycles. The molecule has 1 amide bonds. The highest BCUT2D eigenvalue weighted by atomic mass is 32.2. The smallest absolute Gasteiger partial charge is 0.337 e. The third-order valence-electron chi connectivity index (χ3n) is 5.69. The van der Waals surface area contributed by atoms with Gasteiger partial charge in [-0.25, -0.2) is 4.79 Å². The van der Waals surface area contributed by atoms with Gasteiger partial charge in [0.15, 0.2) is 0 Å². The van der Waals surface area contributed by atoms with Gasteiger partial charge in [0.1, 0.15) is 0 Å². The molecule has 3 aromatic rings. The largest absolute Gasteiger partial charge is 0.465 e. The molecular weight excluding hydrogens is 472 g/mol. The average Bonchev–Trinajstić information content (AvgIpc) is 2.92. The van der Waals surface area contributed by atoms with Crippen molar-refractivity contribution in [2.45, 2.75) is 18.6 Å². The van der Waals surface area contributed by atoms with Gasteiger partial charge in [0.2, 0.25) is 0 Å². The second kappa shape index (κ2) is 11.4. The average molecular weight is 497 g/mol. The van der Waals surface area contributed by atoms with Crippen molar-refractivity contribution in [2.75, 3.05) is 12.4 Å². The monoisotopic (exact) mass is 496 g/mol. The van der Waals surface area contributed by atoms with E-state index in [0.29, 0.717) is 38.9 Å². The number of para-hydroxylation sites is 1. The number of nitrogens with one attached hydrogen (secondary N) is 2. The number of aromatic nitrogens is 1. The van der Waals surface area contributed by atoms with Crippen LogP contribution in [-0.2, 0) is 15.3 Å². The van der Waals surface area contributed by atoms with Crippen molar-refractivity contribution in [3.8, 4) is 6.07 Å². The fourth-order valence-corrected chi connectivity index (χ4v) is 4.98. The molecule has 180 valence electrons. The fourth-order valence-electron chi connectivity index (χ4n) is 3.95. The molecule has 2 heterocycles. The van der Waals surface area contributed by atoms with E-state index in [4.69, 9.17) is 4.74 Å². The second-order valence-electron chi connectivity index (χ2n) is 8.03. The summed E-state index contributed by atoms with van der Waals surface area (Å²) in [6, 6.07) is 22.1. The standard InChI is InChI=1S/C28H24N4O3S/c1-18-24(26(33)32-22-8-4-3-5-9-22)25(20-10-12-21(13-11-20)28(34)35-2)23(15-29)27(31-18)36-17-19-7-6-14-30-16-19/h3-14,16,25,31H,17H2,1-2H3,(H,32,33). The molecule has 36 heavy (non-hydrogen) atoms. The zero-order chi connectivity index (χ0) is 25.5. The zero-order valence-electron chi connectivity index (χ0n) is 19.8. The maximum absolute atomic E-state index is 13.5. The first-order valence-electron chi connectivity index (χ1n) is 11.2. The number of hydrogen-bond acceptors (Lipinski definition) is 7. The first kappa shape index (κ1) is 24.8. The fraction of sp³-hybridized carbons (Fsp3) is 0.143. The van der Waals surface area contributed by atoms with Crippen molar-refractivity contribution in [2.24, 2.45) is 0 Å². The van der Waals surface area contributed by atoms with Gasteiger partial charge >= 0.3 is 5.97 Å². The number of benzene rings is 2. The third kappa shape index (κ3) is 5.48. The number of methoxy groups -OCH3 is 1. The van der Waals surface area contributed by atoms with E-state index < -0.39 is 11.9 Å². The Balaban J connectivity index is 1.73. The molecule has 0 spiro atoms. The Morgan fingerprint density at radius 1 is 1.11 bits per heavy atom. The molecule has 1 aliphatic heterocycles. The third-order valence-corrected chi connectivity index (χ3v) is 6.78. The number of anilines is 1. The number of carbonyl (C=O) groups excluding carboxylic acids is 2. The van der Waals surface area contributed by atoms with E-state index in [1.54, 1.807) is 48.8 Å². The Labute approximate surface area is 213 Å². The molecule has 0 bridgehead atoms. The molecule has 8 heteroatoms. The highest BCUT2D eigenvalue weighted by molar-refractivity contribution is 8.02. The van der Waals surface area contributed by atoms with Crippen LogP contribution in [0, 0.1) is 11.3 Å². The van der Waals surface area contributed by atoms with Gasteiger partial charge in [-0.3, -0.25) is 9.78 Å². The number of nitriles is 1. The van der Waals surface area contributed by atoms with Crippen LogP contribution in [0.2, 0.25) is 0 Å². The van der Waals surface area contributed by atoms with Gasteiger partial charge in [-0.05, 0) is 48.4 Å². The molecular formula is C28H24N4O3S. The number of esters is 1. The first-order valence-corrected chi connectivity index (χ1v) is 12.2. The minimum absolute atomic E-state index is 0.308. The molecule has 2 aromatic carbocycles. The molecule has 4 rings (SSSR count). The van der Waals surface area contributed by atoms with E-state index in [0.717, 1.165) is 11.1 Å². The van der Waals surface area contributed by atoms with Crippen LogP contribution >= 0.6 is 11.8 Å². The number of hydrogen-bond donors (Lipinski definition) is 2. The molecule has 0 saturated carbocycles. The Bertz CT molecular complexity index is 1360. The number of dihydropyridines is 1. The van der Waals surface area contributed by atoms with Crippen LogP contribution in [0.15, 0.2) is 101 Å². The van der Waals surface area contributed by atoms with Crippen molar-refractivity contribution in [3.05, 3.63) is 118 Å². The lowest BCUT2D eigenvalue weighted by Gasteiger charge is -2.30. The lowest BCUT2D eigenvalue weighted by Crippen LogP contribution is -2.30. The van der Waals surface area contributed by atoms with Gasteiger partial charge in [0, 0.05) is 35.1 Å². The molecule has 1 atom stereocenters. The van der Waals surface area contributed by atoms with Gasteiger partial charge in [-0.2, -0.15) is 5.26 Å². The van der Waals surface area contributed by atoms with E-state index in [1.165, 1.54) is 18.9 Å². The van der Waals surface area contributed by atoms with Crippen LogP contribution in [0.4, 0.5) is 5.69 Å². The minimum atomic E-state index is -0.622. The number of amides is 1. The highest BCUT2D eigenvalue weighted by Gasteiger charge is 2.34. The quantitative estimate of drug-likeness (QED) is 0.437. The summed E-state index contributed by atoms with van der Waals surface area (Å²) in [5, 5.41) is 17.1. The van der Waals surface area contributed by atoms with Crippen LogP contribution in [0.3, 0.4) is 0 Å². The number of allylic oxidation sites excluding steroid dienone is 2. The normalized spacial score (nSPS) is 15.1. The van der Waals surface area contributed by atoms with Gasteiger partial charge in [0.25, 0.3) is 5.91 Å². The predicted octanol–water partition coefficient (Wildman–Crippen LogP) is 5.14. The Morgan fingerprint density at radius 3 is 2.50 bits per heavy atom. The Hall–Kier alpha value is -4.35. The van der Waals surface area contributed by atoms with Crippen LogP contribution in [-0.4, -0.2) is 24.0 Å². The number of carbonyl (C=O) groups is 2.